The van der Waals surface area contributed by atoms with Gasteiger partial charge in [0.25, 0.3) is 0 Å². The maximum atomic E-state index is 12.5. The van der Waals surface area contributed by atoms with Crippen LogP contribution in [0.3, 0.4) is 0 Å². The molecule has 26 heavy (non-hydrogen) atoms. The van der Waals surface area contributed by atoms with Gasteiger partial charge < -0.3 is 20.4 Å². The lowest BCUT2D eigenvalue weighted by atomic mass is 9.98. The van der Waals surface area contributed by atoms with E-state index >= 15 is 0 Å². The number of carbonyl (C=O) groups is 1. The summed E-state index contributed by atoms with van der Waals surface area (Å²) >= 11 is 0. The molecule has 5 nitrogen and oxygen atoms in total. The molecular formula is C21H30N4O+2. The molecule has 2 atom stereocenters. The first-order valence-electron chi connectivity index (χ1n) is 9.47. The first kappa shape index (κ1) is 18.4. The van der Waals surface area contributed by atoms with Crippen molar-refractivity contribution in [2.75, 3.05) is 38.5 Å². The van der Waals surface area contributed by atoms with Gasteiger partial charge in [-0.3, -0.25) is 0 Å². The molecule has 1 saturated heterocycles. The number of benzene rings is 2. The molecule has 1 aliphatic heterocycles. The fraction of sp³-hybridized carbons (Fsp3) is 0.381. The number of urea groups is 1. The van der Waals surface area contributed by atoms with Crippen molar-refractivity contribution in [3.8, 4) is 0 Å². The Hall–Kier alpha value is -2.37. The van der Waals surface area contributed by atoms with Gasteiger partial charge in [0.15, 0.2) is 0 Å². The fourth-order valence-corrected chi connectivity index (χ4v) is 3.83. The first-order chi connectivity index (χ1) is 12.6. The quantitative estimate of drug-likeness (QED) is 0.615. The van der Waals surface area contributed by atoms with Crippen LogP contribution in [0.2, 0.25) is 0 Å². The molecule has 0 unspecified atom stereocenters. The van der Waals surface area contributed by atoms with Crippen LogP contribution >= 0.6 is 0 Å². The first-order valence-corrected chi connectivity index (χ1v) is 9.47. The Balaban J connectivity index is 1.70. The third-order valence-corrected chi connectivity index (χ3v) is 5.23. The predicted molar refractivity (Wildman–Crippen MR) is 105 cm³/mol. The monoisotopic (exact) mass is 354 g/mol. The van der Waals surface area contributed by atoms with Crippen molar-refractivity contribution in [2.24, 2.45) is 0 Å². The molecule has 0 saturated carbocycles. The molecule has 0 spiro atoms. The molecule has 0 aromatic heterocycles. The number of amides is 2. The number of likely N-dealkylation sites (N-methyl/N-ethyl adjacent to an activating group) is 1. The lowest BCUT2D eigenvalue weighted by Crippen LogP contribution is -3.27. The van der Waals surface area contributed by atoms with Gasteiger partial charge in [0, 0.05) is 11.3 Å². The highest BCUT2D eigenvalue weighted by Gasteiger charge is 2.34. The zero-order valence-electron chi connectivity index (χ0n) is 15.7. The van der Waals surface area contributed by atoms with E-state index < -0.39 is 0 Å². The number of carbonyl (C=O) groups excluding carboxylic acids is 1. The van der Waals surface area contributed by atoms with Gasteiger partial charge >= 0.3 is 6.03 Å². The minimum atomic E-state index is -0.149. The van der Waals surface area contributed by atoms with Gasteiger partial charge in [0.05, 0.1) is 13.1 Å². The number of quaternary nitrogens is 2. The summed E-state index contributed by atoms with van der Waals surface area (Å²) in [5, 5.41) is 6.08. The van der Waals surface area contributed by atoms with Crippen LogP contribution in [0, 0.1) is 0 Å². The van der Waals surface area contributed by atoms with E-state index in [1.807, 2.05) is 36.4 Å². The summed E-state index contributed by atoms with van der Waals surface area (Å²) in [5.74, 6) is 0. The topological polar surface area (TPSA) is 50.0 Å². The number of hydrogen-bond donors (Lipinski definition) is 4. The van der Waals surface area contributed by atoms with Crippen molar-refractivity contribution in [1.82, 2.24) is 5.32 Å². The molecule has 138 valence electrons. The van der Waals surface area contributed by atoms with Crippen molar-refractivity contribution < 1.29 is 14.6 Å². The van der Waals surface area contributed by atoms with Gasteiger partial charge in [0.1, 0.15) is 32.2 Å². The second-order valence-corrected chi connectivity index (χ2v) is 7.26. The van der Waals surface area contributed by atoms with Crippen LogP contribution in [0.4, 0.5) is 10.5 Å². The molecule has 3 rings (SSSR count). The van der Waals surface area contributed by atoms with Crippen LogP contribution in [0.25, 0.3) is 0 Å². The molecular weight excluding hydrogens is 324 g/mol. The summed E-state index contributed by atoms with van der Waals surface area (Å²) in [7, 11) is 2.25. The summed E-state index contributed by atoms with van der Waals surface area (Å²) in [5.41, 5.74) is 2.10. The smallest absolute Gasteiger partial charge is 0.319 e. The Morgan fingerprint density at radius 2 is 1.50 bits per heavy atom. The van der Waals surface area contributed by atoms with E-state index in [2.05, 4.69) is 48.9 Å². The van der Waals surface area contributed by atoms with Gasteiger partial charge in [-0.1, -0.05) is 48.5 Å². The van der Waals surface area contributed by atoms with E-state index in [1.165, 1.54) is 18.7 Å². The average molecular weight is 354 g/mol. The highest BCUT2D eigenvalue weighted by molar-refractivity contribution is 5.89. The second kappa shape index (κ2) is 8.83. The standard InChI is InChI=1S/C21H28N4O/c1-17(22-21(26)23-19-11-7-4-8-12-19)20(18-9-5-3-6-10-18)25-15-13-24(2)14-16-25/h3-12,17,20H,13-16H2,1-2H3,(H2,22,23,26)/p+2/t17-,20+/m0/s1. The minimum Gasteiger partial charge on any atom is -0.329 e. The van der Waals surface area contributed by atoms with Crippen LogP contribution in [0.15, 0.2) is 60.7 Å². The van der Waals surface area contributed by atoms with E-state index in [0.717, 1.165) is 18.8 Å². The zero-order chi connectivity index (χ0) is 18.4. The molecule has 0 bridgehead atoms. The molecule has 1 heterocycles. The Labute approximate surface area is 156 Å². The maximum absolute atomic E-state index is 12.5. The van der Waals surface area contributed by atoms with Crippen molar-refractivity contribution in [3.05, 3.63) is 66.2 Å². The maximum Gasteiger partial charge on any atom is 0.319 e. The normalized spacial score (nSPS) is 22.2. The summed E-state index contributed by atoms with van der Waals surface area (Å²) in [6.07, 6.45) is 0. The van der Waals surface area contributed by atoms with E-state index in [-0.39, 0.29) is 18.1 Å². The van der Waals surface area contributed by atoms with E-state index in [1.54, 1.807) is 9.80 Å². The lowest BCUT2D eigenvalue weighted by molar-refractivity contribution is -1.02. The number of piperazine rings is 1. The SMILES string of the molecule is C[C@H](NC(=O)Nc1ccccc1)[C@H](c1ccccc1)[NH+]1CC[NH+](C)CC1. The number of rotatable bonds is 5. The number of nitrogens with one attached hydrogen (secondary N) is 4. The highest BCUT2D eigenvalue weighted by Crippen LogP contribution is 2.14. The molecule has 0 radical (unpaired) electrons. The van der Waals surface area contributed by atoms with Gasteiger partial charge in [-0.05, 0) is 19.1 Å². The molecule has 1 fully saturated rings. The predicted octanol–water partition coefficient (Wildman–Crippen LogP) is 0.351. The number of hydrogen-bond acceptors (Lipinski definition) is 1. The summed E-state index contributed by atoms with van der Waals surface area (Å²) in [4.78, 5) is 15.6. The second-order valence-electron chi connectivity index (χ2n) is 7.26. The lowest BCUT2D eigenvalue weighted by Gasteiger charge is -2.36. The van der Waals surface area contributed by atoms with Crippen LogP contribution in [-0.2, 0) is 0 Å². The molecule has 0 aliphatic carbocycles. The zero-order valence-corrected chi connectivity index (χ0v) is 15.7. The molecule has 4 N–H and O–H groups in total. The van der Waals surface area contributed by atoms with Gasteiger partial charge in [-0.15, -0.1) is 0 Å². The van der Waals surface area contributed by atoms with Crippen LogP contribution in [-0.4, -0.2) is 45.3 Å². The largest absolute Gasteiger partial charge is 0.329 e. The molecule has 5 heteroatoms. The van der Waals surface area contributed by atoms with Crippen molar-refractivity contribution in [3.63, 3.8) is 0 Å². The van der Waals surface area contributed by atoms with Gasteiger partial charge in [-0.2, -0.15) is 0 Å². The highest BCUT2D eigenvalue weighted by atomic mass is 16.2. The summed E-state index contributed by atoms with van der Waals surface area (Å²) in [6, 6.07) is 20.3. The van der Waals surface area contributed by atoms with Crippen molar-refractivity contribution in [2.45, 2.75) is 19.0 Å². The summed E-state index contributed by atoms with van der Waals surface area (Å²) in [6.45, 7) is 6.69. The third kappa shape index (κ3) is 4.84. The Morgan fingerprint density at radius 1 is 0.923 bits per heavy atom. The Bertz CT molecular complexity index is 684. The van der Waals surface area contributed by atoms with Crippen LogP contribution in [0.1, 0.15) is 18.5 Å². The Kier molecular flexibility index (Phi) is 6.26. The Morgan fingerprint density at radius 3 is 2.12 bits per heavy atom. The van der Waals surface area contributed by atoms with Gasteiger partial charge in [-0.25, -0.2) is 4.79 Å². The van der Waals surface area contributed by atoms with Crippen molar-refractivity contribution >= 4 is 11.7 Å². The van der Waals surface area contributed by atoms with Crippen LogP contribution < -0.4 is 20.4 Å². The average Bonchev–Trinajstić information content (AvgIpc) is 2.65. The number of para-hydroxylation sites is 1. The number of anilines is 1. The van der Waals surface area contributed by atoms with Crippen molar-refractivity contribution in [1.29, 1.82) is 0 Å². The molecule has 2 aromatic rings. The third-order valence-electron chi connectivity index (χ3n) is 5.23. The van der Waals surface area contributed by atoms with Gasteiger partial charge in [0.2, 0.25) is 0 Å². The van der Waals surface area contributed by atoms with E-state index in [4.69, 9.17) is 0 Å². The molecule has 1 aliphatic rings. The minimum absolute atomic E-state index is 0.0366. The fourth-order valence-electron chi connectivity index (χ4n) is 3.83. The molecule has 2 aromatic carbocycles. The summed E-state index contributed by atoms with van der Waals surface area (Å²) < 4.78 is 0. The van der Waals surface area contributed by atoms with E-state index in [9.17, 15) is 4.79 Å². The van der Waals surface area contributed by atoms with E-state index in [0.29, 0.717) is 0 Å². The van der Waals surface area contributed by atoms with Crippen LogP contribution in [0.5, 0.6) is 0 Å². The molecule has 2 amide bonds.